The van der Waals surface area contributed by atoms with Crippen LogP contribution in [0.2, 0.25) is 0 Å². The van der Waals surface area contributed by atoms with E-state index < -0.39 is 30.3 Å². The van der Waals surface area contributed by atoms with Crippen molar-refractivity contribution < 1.29 is 37.0 Å². The summed E-state index contributed by atoms with van der Waals surface area (Å²) < 4.78 is 54.2. The van der Waals surface area contributed by atoms with Gasteiger partial charge in [0.2, 0.25) is 11.9 Å². The van der Waals surface area contributed by atoms with Gasteiger partial charge in [0.1, 0.15) is 5.75 Å². The number of carbonyl (C=O) groups is 2. The number of ether oxygens (including phenoxy) is 3. The van der Waals surface area contributed by atoms with Crippen molar-refractivity contribution in [1.82, 2.24) is 25.2 Å². The predicted molar refractivity (Wildman–Crippen MR) is 174 cm³/mol. The van der Waals surface area contributed by atoms with Gasteiger partial charge >= 0.3 is 18.2 Å². The van der Waals surface area contributed by atoms with Crippen LogP contribution in [0.3, 0.4) is 0 Å². The molecule has 12 nitrogen and oxygen atoms in total. The number of halogens is 3. The molecule has 3 aliphatic carbocycles. The zero-order valence-electron chi connectivity index (χ0n) is 27.5. The lowest BCUT2D eigenvalue weighted by Gasteiger charge is -2.24. The summed E-state index contributed by atoms with van der Waals surface area (Å²) in [6.45, 7) is 4.18. The minimum atomic E-state index is -4.58. The fraction of sp³-hybridized carbons (Fsp3) is 0.559. The Hall–Kier alpha value is -4.40. The summed E-state index contributed by atoms with van der Waals surface area (Å²) in [6, 6.07) is 6.34. The summed E-state index contributed by atoms with van der Waals surface area (Å²) in [7, 11) is 0. The van der Waals surface area contributed by atoms with Gasteiger partial charge in [-0.1, -0.05) is 30.4 Å². The van der Waals surface area contributed by atoms with E-state index in [2.05, 4.69) is 35.8 Å². The van der Waals surface area contributed by atoms with Crippen LogP contribution in [0.15, 0.2) is 48.1 Å². The molecule has 1 aliphatic heterocycles. The molecular formula is C34H42F3N7O5. The van der Waals surface area contributed by atoms with Gasteiger partial charge in [-0.3, -0.25) is 4.79 Å². The zero-order valence-corrected chi connectivity index (χ0v) is 27.5. The molecule has 6 rings (SSSR count). The molecule has 15 heteroatoms. The van der Waals surface area contributed by atoms with Crippen LogP contribution in [-0.4, -0.2) is 89.9 Å². The maximum absolute atomic E-state index is 13.0. The van der Waals surface area contributed by atoms with E-state index in [1.165, 1.54) is 12.8 Å². The SMILES string of the molecule is CCOC(=O)COc1ccc(C2(Nc3nc(NC4C=CC(C(=O)NCC5(CN6CCCC6)CC5)=CC4)nc(OCC(F)(F)F)n3)CC2)cc1. The maximum atomic E-state index is 13.0. The van der Waals surface area contributed by atoms with Crippen LogP contribution in [0.25, 0.3) is 0 Å². The number of carbonyl (C=O) groups excluding carboxylic acids is 2. The second kappa shape index (κ2) is 14.6. The van der Waals surface area contributed by atoms with Gasteiger partial charge in [0.15, 0.2) is 13.2 Å². The number of amides is 1. The van der Waals surface area contributed by atoms with Crippen LogP contribution < -0.4 is 25.4 Å². The smallest absolute Gasteiger partial charge is 0.422 e. The first kappa shape index (κ1) is 34.5. The Kier molecular flexibility index (Phi) is 10.3. The van der Waals surface area contributed by atoms with Gasteiger partial charge in [0.25, 0.3) is 5.91 Å². The molecule has 0 radical (unpaired) electrons. The quantitative estimate of drug-likeness (QED) is 0.215. The Balaban J connectivity index is 1.07. The van der Waals surface area contributed by atoms with Crippen LogP contribution in [0.1, 0.15) is 57.4 Å². The number of nitrogens with zero attached hydrogens (tertiary/aromatic N) is 4. The number of anilines is 2. The van der Waals surface area contributed by atoms with Crippen molar-refractivity contribution in [2.75, 3.05) is 56.6 Å². The number of esters is 1. The standard InChI is InChI=1S/C34H42F3N7O5/c1-2-47-27(45)19-48-26-11-7-24(8-12-26)33(15-16-33)43-30-40-29(41-31(42-30)49-22-34(35,36)37)39-25-9-5-23(6-10-25)28(46)38-20-32(13-14-32)21-44-17-3-4-18-44/h5-9,11-12,25H,2-4,10,13-22H2,1H3,(H,38,46)(H2,39,40,41,42,43). The second-order valence-corrected chi connectivity index (χ2v) is 13.2. The number of alkyl halides is 3. The topological polar surface area (TPSA) is 140 Å². The first-order valence-electron chi connectivity index (χ1n) is 16.8. The van der Waals surface area contributed by atoms with Gasteiger partial charge < -0.3 is 35.1 Å². The van der Waals surface area contributed by atoms with E-state index >= 15 is 0 Å². The van der Waals surface area contributed by atoms with Crippen LogP contribution in [0.5, 0.6) is 11.8 Å². The van der Waals surface area contributed by atoms with Gasteiger partial charge in [-0.15, -0.1) is 0 Å². The van der Waals surface area contributed by atoms with Crippen LogP contribution in [-0.2, 0) is 19.9 Å². The molecule has 1 amide bonds. The Labute approximate surface area is 282 Å². The molecule has 3 N–H and O–H groups in total. The lowest BCUT2D eigenvalue weighted by Crippen LogP contribution is -2.37. The van der Waals surface area contributed by atoms with Crippen molar-refractivity contribution in [2.45, 2.75) is 69.6 Å². The number of benzene rings is 1. The number of aromatic nitrogens is 3. The summed E-state index contributed by atoms with van der Waals surface area (Å²) in [5.74, 6) is -0.0212. The molecule has 264 valence electrons. The van der Waals surface area contributed by atoms with E-state index in [0.29, 0.717) is 24.3 Å². The third-order valence-corrected chi connectivity index (χ3v) is 9.17. The molecule has 2 aromatic rings. The highest BCUT2D eigenvalue weighted by atomic mass is 19.4. The molecule has 2 heterocycles. The molecule has 1 unspecified atom stereocenters. The van der Waals surface area contributed by atoms with Gasteiger partial charge in [-0.2, -0.15) is 28.1 Å². The number of hydrogen-bond donors (Lipinski definition) is 3. The number of hydrogen-bond acceptors (Lipinski definition) is 11. The minimum Gasteiger partial charge on any atom is -0.482 e. The van der Waals surface area contributed by atoms with Gasteiger partial charge in [-0.25, -0.2) is 4.79 Å². The van der Waals surface area contributed by atoms with Crippen molar-refractivity contribution in [3.8, 4) is 11.8 Å². The first-order valence-corrected chi connectivity index (χ1v) is 16.8. The molecule has 0 bridgehead atoms. The summed E-state index contributed by atoms with van der Waals surface area (Å²) in [5, 5.41) is 9.50. The highest BCUT2D eigenvalue weighted by Crippen LogP contribution is 2.48. The van der Waals surface area contributed by atoms with E-state index in [1.807, 2.05) is 24.3 Å². The highest BCUT2D eigenvalue weighted by Gasteiger charge is 2.46. The summed E-state index contributed by atoms with van der Waals surface area (Å²) in [6.07, 6.45) is 7.43. The molecule has 1 aromatic heterocycles. The summed E-state index contributed by atoms with van der Waals surface area (Å²) >= 11 is 0. The van der Waals surface area contributed by atoms with Gasteiger partial charge in [0, 0.05) is 24.1 Å². The highest BCUT2D eigenvalue weighted by molar-refractivity contribution is 5.96. The summed E-state index contributed by atoms with van der Waals surface area (Å²) in [4.78, 5) is 39.7. The fourth-order valence-electron chi connectivity index (χ4n) is 6.14. The lowest BCUT2D eigenvalue weighted by atomic mass is 10.0. The molecule has 1 atom stereocenters. The second-order valence-electron chi connectivity index (χ2n) is 13.2. The number of likely N-dealkylation sites (tertiary alicyclic amines) is 1. The zero-order chi connectivity index (χ0) is 34.5. The molecular weight excluding hydrogens is 643 g/mol. The predicted octanol–water partition coefficient (Wildman–Crippen LogP) is 4.51. The van der Waals surface area contributed by atoms with Gasteiger partial charge in [-0.05, 0) is 82.7 Å². The van der Waals surface area contributed by atoms with E-state index in [0.717, 1.165) is 50.9 Å². The van der Waals surface area contributed by atoms with Crippen LogP contribution in [0, 0.1) is 5.41 Å². The van der Waals surface area contributed by atoms with Crippen molar-refractivity contribution in [3.63, 3.8) is 0 Å². The third-order valence-electron chi connectivity index (χ3n) is 9.17. The molecule has 2 saturated carbocycles. The van der Waals surface area contributed by atoms with E-state index in [4.69, 9.17) is 14.2 Å². The molecule has 0 spiro atoms. The monoisotopic (exact) mass is 685 g/mol. The van der Waals surface area contributed by atoms with Crippen LogP contribution in [0.4, 0.5) is 25.1 Å². The average Bonchev–Trinajstić information content (AvgIpc) is 3.98. The third kappa shape index (κ3) is 9.61. The van der Waals surface area contributed by atoms with E-state index in [1.54, 1.807) is 25.1 Å². The number of nitrogens with one attached hydrogen (secondary N) is 3. The molecule has 49 heavy (non-hydrogen) atoms. The molecule has 3 fully saturated rings. The van der Waals surface area contributed by atoms with Crippen LogP contribution >= 0.6 is 0 Å². The maximum Gasteiger partial charge on any atom is 0.422 e. The largest absolute Gasteiger partial charge is 0.482 e. The van der Waals surface area contributed by atoms with E-state index in [-0.39, 0.29) is 42.5 Å². The summed E-state index contributed by atoms with van der Waals surface area (Å²) in [5.41, 5.74) is 1.08. The Bertz CT molecular complexity index is 1550. The Morgan fingerprint density at radius 1 is 1.00 bits per heavy atom. The van der Waals surface area contributed by atoms with Crippen molar-refractivity contribution in [1.29, 1.82) is 0 Å². The van der Waals surface area contributed by atoms with Crippen molar-refractivity contribution in [2.24, 2.45) is 5.41 Å². The Morgan fingerprint density at radius 3 is 2.37 bits per heavy atom. The number of rotatable bonds is 16. The lowest BCUT2D eigenvalue weighted by molar-refractivity contribution is -0.154. The minimum absolute atomic E-state index is 0.0294. The molecule has 1 saturated heterocycles. The fourth-order valence-corrected chi connectivity index (χ4v) is 6.14. The van der Waals surface area contributed by atoms with Gasteiger partial charge in [0.05, 0.1) is 18.2 Å². The molecule has 4 aliphatic rings. The first-order chi connectivity index (χ1) is 23.5. The van der Waals surface area contributed by atoms with Crippen molar-refractivity contribution >= 4 is 23.8 Å². The average molecular weight is 686 g/mol. The Morgan fingerprint density at radius 2 is 1.73 bits per heavy atom. The molecule has 1 aromatic carbocycles. The normalized spacial score (nSPS) is 20.6. The van der Waals surface area contributed by atoms with Crippen molar-refractivity contribution in [3.05, 3.63) is 53.6 Å². The van der Waals surface area contributed by atoms with E-state index in [9.17, 15) is 22.8 Å².